The highest BCUT2D eigenvalue weighted by Gasteiger charge is 2.17. The molecule has 1 N–H and O–H groups in total. The molecule has 0 heterocycles. The zero-order valence-corrected chi connectivity index (χ0v) is 12.5. The van der Waals surface area contributed by atoms with Crippen molar-refractivity contribution in [3.63, 3.8) is 0 Å². The molecule has 21 heavy (non-hydrogen) atoms. The molecule has 0 bridgehead atoms. The van der Waals surface area contributed by atoms with E-state index in [9.17, 15) is 9.59 Å². The number of nitriles is 1. The molecule has 1 aromatic rings. The van der Waals surface area contributed by atoms with Gasteiger partial charge in [0.15, 0.2) is 6.10 Å². The smallest absolute Gasteiger partial charge is 0.412 e. The number of benzene rings is 1. The zero-order chi connectivity index (χ0) is 16.0. The Morgan fingerprint density at radius 1 is 1.33 bits per heavy atom. The average molecular weight is 290 g/mol. The molecule has 0 aliphatic heterocycles. The van der Waals surface area contributed by atoms with E-state index in [1.807, 2.05) is 0 Å². The first-order chi connectivity index (χ1) is 9.71. The number of amides is 1. The van der Waals surface area contributed by atoms with Crippen molar-refractivity contribution >= 4 is 17.7 Å². The molecule has 1 aromatic carbocycles. The number of rotatable bonds is 3. The van der Waals surface area contributed by atoms with Crippen LogP contribution in [0.25, 0.3) is 0 Å². The average Bonchev–Trinajstić information content (AvgIpc) is 2.36. The topological polar surface area (TPSA) is 88.4 Å². The van der Waals surface area contributed by atoms with Gasteiger partial charge in [-0.05, 0) is 45.9 Å². The van der Waals surface area contributed by atoms with Crippen LogP contribution in [0.1, 0.15) is 38.1 Å². The molecule has 0 aliphatic rings. The lowest BCUT2D eigenvalue weighted by Crippen LogP contribution is -2.27. The molecule has 0 saturated heterocycles. The summed E-state index contributed by atoms with van der Waals surface area (Å²) in [5, 5.41) is 11.1. The van der Waals surface area contributed by atoms with Crippen molar-refractivity contribution in [2.45, 2.75) is 39.4 Å². The highest BCUT2D eigenvalue weighted by molar-refractivity contribution is 5.92. The van der Waals surface area contributed by atoms with Gasteiger partial charge in [-0.15, -0.1) is 0 Å². The highest BCUT2D eigenvalue weighted by atomic mass is 16.6. The number of carbonyl (C=O) groups excluding carboxylic acids is 2. The predicted molar refractivity (Wildman–Crippen MR) is 76.8 cm³/mol. The number of nitrogens with zero attached hydrogens (tertiary/aromatic N) is 1. The lowest BCUT2D eigenvalue weighted by atomic mass is 10.2. The van der Waals surface area contributed by atoms with Crippen LogP contribution in [0.3, 0.4) is 0 Å². The molecule has 112 valence electrons. The quantitative estimate of drug-likeness (QED) is 0.864. The monoisotopic (exact) mass is 290 g/mol. The van der Waals surface area contributed by atoms with Crippen LogP contribution >= 0.6 is 0 Å². The Morgan fingerprint density at radius 3 is 2.57 bits per heavy atom. The van der Waals surface area contributed by atoms with Crippen LogP contribution in [0, 0.1) is 11.3 Å². The van der Waals surface area contributed by atoms with E-state index in [1.165, 1.54) is 19.1 Å². The molecule has 0 spiro atoms. The molecule has 1 atom stereocenters. The normalized spacial score (nSPS) is 12.0. The van der Waals surface area contributed by atoms with Gasteiger partial charge in [-0.2, -0.15) is 5.26 Å². The minimum absolute atomic E-state index is 0.241. The first kappa shape index (κ1) is 16.5. The molecule has 1 rings (SSSR count). The van der Waals surface area contributed by atoms with Crippen molar-refractivity contribution in [2.75, 3.05) is 5.32 Å². The number of ether oxygens (including phenoxy) is 2. The minimum atomic E-state index is -0.833. The molecular formula is C15H18N2O4. The van der Waals surface area contributed by atoms with Crippen molar-refractivity contribution in [1.29, 1.82) is 5.26 Å². The van der Waals surface area contributed by atoms with Gasteiger partial charge < -0.3 is 9.47 Å². The van der Waals surface area contributed by atoms with Gasteiger partial charge in [0.05, 0.1) is 5.56 Å². The predicted octanol–water partition coefficient (Wildman–Crippen LogP) is 3.10. The summed E-state index contributed by atoms with van der Waals surface area (Å²) < 4.78 is 10.00. The van der Waals surface area contributed by atoms with Crippen molar-refractivity contribution in [2.24, 2.45) is 0 Å². The highest BCUT2D eigenvalue weighted by Crippen LogP contribution is 2.14. The number of anilines is 1. The second-order valence-electron chi connectivity index (χ2n) is 5.38. The van der Waals surface area contributed by atoms with E-state index in [-0.39, 0.29) is 5.56 Å². The van der Waals surface area contributed by atoms with Crippen molar-refractivity contribution in [1.82, 2.24) is 0 Å². The van der Waals surface area contributed by atoms with Crippen LogP contribution in [0.2, 0.25) is 0 Å². The van der Waals surface area contributed by atoms with Gasteiger partial charge in [-0.3, -0.25) is 5.32 Å². The van der Waals surface area contributed by atoms with E-state index in [0.29, 0.717) is 5.69 Å². The number of carbonyl (C=O) groups is 2. The third-order valence-corrected chi connectivity index (χ3v) is 2.21. The Kier molecular flexibility index (Phi) is 5.30. The van der Waals surface area contributed by atoms with Crippen LogP contribution in [0.4, 0.5) is 10.5 Å². The van der Waals surface area contributed by atoms with E-state index < -0.39 is 23.8 Å². The standard InChI is InChI=1S/C15H18N2O4/c1-10(9-16)20-13(18)11-6-5-7-12(8-11)17-14(19)21-15(2,3)4/h5-8,10H,1-4H3,(H,17,19). The van der Waals surface area contributed by atoms with Crippen LogP contribution in [-0.2, 0) is 9.47 Å². The fraction of sp³-hybridized carbons (Fsp3) is 0.400. The van der Waals surface area contributed by atoms with Gasteiger partial charge in [-0.1, -0.05) is 6.07 Å². The van der Waals surface area contributed by atoms with Gasteiger partial charge in [-0.25, -0.2) is 9.59 Å². The molecule has 1 unspecified atom stereocenters. The van der Waals surface area contributed by atoms with Crippen LogP contribution in [0.15, 0.2) is 24.3 Å². The second kappa shape index (κ2) is 6.75. The van der Waals surface area contributed by atoms with Crippen LogP contribution in [-0.4, -0.2) is 23.8 Å². The zero-order valence-electron chi connectivity index (χ0n) is 12.5. The third-order valence-electron chi connectivity index (χ3n) is 2.21. The molecule has 6 nitrogen and oxygen atoms in total. The lowest BCUT2D eigenvalue weighted by Gasteiger charge is -2.19. The van der Waals surface area contributed by atoms with E-state index in [4.69, 9.17) is 14.7 Å². The first-order valence-corrected chi connectivity index (χ1v) is 6.42. The van der Waals surface area contributed by atoms with Crippen LogP contribution < -0.4 is 5.32 Å². The summed E-state index contributed by atoms with van der Waals surface area (Å²) in [5.74, 6) is -0.628. The van der Waals surface area contributed by atoms with Crippen molar-refractivity contribution in [3.8, 4) is 6.07 Å². The van der Waals surface area contributed by atoms with E-state index >= 15 is 0 Å². The Morgan fingerprint density at radius 2 is 2.00 bits per heavy atom. The van der Waals surface area contributed by atoms with Gasteiger partial charge >= 0.3 is 12.1 Å². The van der Waals surface area contributed by atoms with Gasteiger partial charge in [0.2, 0.25) is 0 Å². The summed E-state index contributed by atoms with van der Waals surface area (Å²) in [6, 6.07) is 8.01. The Bertz CT molecular complexity index is 570. The Balaban J connectivity index is 2.75. The number of hydrogen-bond acceptors (Lipinski definition) is 5. The SMILES string of the molecule is CC(C#N)OC(=O)c1cccc(NC(=O)OC(C)(C)C)c1. The molecule has 0 saturated carbocycles. The first-order valence-electron chi connectivity index (χ1n) is 6.42. The second-order valence-corrected chi connectivity index (χ2v) is 5.38. The molecule has 0 radical (unpaired) electrons. The largest absolute Gasteiger partial charge is 0.444 e. The molecule has 0 aliphatic carbocycles. The number of esters is 1. The molecule has 1 amide bonds. The molecule has 6 heteroatoms. The van der Waals surface area contributed by atoms with E-state index in [1.54, 1.807) is 39.0 Å². The Hall–Kier alpha value is -2.55. The third kappa shape index (κ3) is 5.95. The minimum Gasteiger partial charge on any atom is -0.444 e. The maximum Gasteiger partial charge on any atom is 0.412 e. The van der Waals surface area contributed by atoms with Crippen molar-refractivity contribution in [3.05, 3.63) is 29.8 Å². The maximum atomic E-state index is 11.8. The van der Waals surface area contributed by atoms with E-state index in [2.05, 4.69) is 5.32 Å². The summed E-state index contributed by atoms with van der Waals surface area (Å²) in [6.45, 7) is 6.73. The number of nitrogens with one attached hydrogen (secondary N) is 1. The Labute approximate surface area is 123 Å². The van der Waals surface area contributed by atoms with Crippen molar-refractivity contribution < 1.29 is 19.1 Å². The molecule has 0 fully saturated rings. The fourth-order valence-electron chi connectivity index (χ4n) is 1.40. The fourth-order valence-corrected chi connectivity index (χ4v) is 1.40. The van der Waals surface area contributed by atoms with Gasteiger partial charge in [0.1, 0.15) is 11.7 Å². The molecule has 0 aromatic heterocycles. The van der Waals surface area contributed by atoms with Crippen LogP contribution in [0.5, 0.6) is 0 Å². The van der Waals surface area contributed by atoms with Gasteiger partial charge in [0, 0.05) is 5.69 Å². The van der Waals surface area contributed by atoms with Gasteiger partial charge in [0.25, 0.3) is 0 Å². The molecular weight excluding hydrogens is 272 g/mol. The van der Waals surface area contributed by atoms with E-state index in [0.717, 1.165) is 0 Å². The summed E-state index contributed by atoms with van der Waals surface area (Å²) in [6.07, 6.45) is -1.45. The summed E-state index contributed by atoms with van der Waals surface area (Å²) in [4.78, 5) is 23.4. The summed E-state index contributed by atoms with van der Waals surface area (Å²) >= 11 is 0. The summed E-state index contributed by atoms with van der Waals surface area (Å²) in [5.41, 5.74) is 0.0389. The lowest BCUT2D eigenvalue weighted by molar-refractivity contribution is 0.0434. The number of hydrogen-bond donors (Lipinski definition) is 1. The summed E-state index contributed by atoms with van der Waals surface area (Å²) in [7, 11) is 0. The maximum absolute atomic E-state index is 11.8.